The van der Waals surface area contributed by atoms with E-state index in [2.05, 4.69) is 0 Å². The molecule has 4 heterocycles. The van der Waals surface area contributed by atoms with Gasteiger partial charge in [0.2, 0.25) is 0 Å². The lowest BCUT2D eigenvalue weighted by atomic mass is 9.73. The predicted molar refractivity (Wildman–Crippen MR) is 240 cm³/mol. The van der Waals surface area contributed by atoms with Crippen molar-refractivity contribution >= 4 is 11.9 Å². The summed E-state index contributed by atoms with van der Waals surface area (Å²) in [6.07, 6.45) is -22.7. The molecular formula is C52H54F12N2O8. The van der Waals surface area contributed by atoms with Crippen molar-refractivity contribution in [2.45, 2.75) is 125 Å². The Balaban J connectivity index is 0.000000216. The lowest BCUT2D eigenvalue weighted by Crippen LogP contribution is -2.69. The lowest BCUT2D eigenvalue weighted by Gasteiger charge is -2.56. The largest absolute Gasteiger partial charge is 0.454 e. The summed E-state index contributed by atoms with van der Waals surface area (Å²) in [5.41, 5.74) is -8.69. The van der Waals surface area contributed by atoms with E-state index in [0.29, 0.717) is 49.9 Å². The minimum Gasteiger partial charge on any atom is -0.454 e. The van der Waals surface area contributed by atoms with E-state index < -0.39 is 106 Å². The Morgan fingerprint density at radius 3 is 1.07 bits per heavy atom. The van der Waals surface area contributed by atoms with E-state index in [9.17, 15) is 72.5 Å². The monoisotopic (exact) mass is 1060 g/mol. The van der Waals surface area contributed by atoms with Gasteiger partial charge < -0.3 is 29.2 Å². The van der Waals surface area contributed by atoms with E-state index in [1.807, 2.05) is 34.1 Å². The number of halogens is 12. The molecule has 0 radical (unpaired) electrons. The first kappa shape index (κ1) is 56.5. The summed E-state index contributed by atoms with van der Waals surface area (Å²) in [4.78, 5) is 28.6. The topological polar surface area (TPSA) is 118 Å². The number of hydrogen-bond donors (Lipinski definition) is 2. The number of ether oxygens (including phenoxy) is 4. The Bertz CT molecular complexity index is 2390. The van der Waals surface area contributed by atoms with Crippen LogP contribution >= 0.6 is 0 Å². The molecule has 0 aromatic heterocycles. The van der Waals surface area contributed by atoms with Gasteiger partial charge in [0.05, 0.1) is 84.1 Å². The molecule has 8 rings (SSSR count). The maximum atomic E-state index is 13.4. The predicted octanol–water partition coefficient (Wildman–Crippen LogP) is 10.9. The maximum absolute atomic E-state index is 13.4. The van der Waals surface area contributed by atoms with Crippen molar-refractivity contribution in [1.29, 1.82) is 0 Å². The molecule has 0 spiro atoms. The van der Waals surface area contributed by atoms with Gasteiger partial charge in [-0.25, -0.2) is 0 Å². The van der Waals surface area contributed by atoms with Crippen LogP contribution in [0.2, 0.25) is 0 Å². The zero-order chi connectivity index (χ0) is 54.5. The van der Waals surface area contributed by atoms with E-state index in [1.165, 1.54) is 27.7 Å². The molecule has 10 atom stereocenters. The van der Waals surface area contributed by atoms with E-state index >= 15 is 0 Å². The first-order valence-electron chi connectivity index (χ1n) is 23.6. The highest BCUT2D eigenvalue weighted by atomic mass is 19.4. The quantitative estimate of drug-likeness (QED) is 0.105. The molecule has 4 aromatic rings. The Kier molecular flexibility index (Phi) is 15.8. The Morgan fingerprint density at radius 2 is 0.797 bits per heavy atom. The van der Waals surface area contributed by atoms with Crippen LogP contribution in [0.25, 0.3) is 0 Å². The van der Waals surface area contributed by atoms with E-state index in [-0.39, 0.29) is 62.7 Å². The van der Waals surface area contributed by atoms with Gasteiger partial charge in [-0.2, -0.15) is 52.7 Å². The van der Waals surface area contributed by atoms with Crippen LogP contribution in [-0.4, -0.2) is 94.8 Å². The normalized spacial score (nSPS) is 27.9. The molecule has 0 amide bonds. The minimum atomic E-state index is -4.97. The zero-order valence-electron chi connectivity index (χ0n) is 40.4. The van der Waals surface area contributed by atoms with Crippen molar-refractivity contribution in [3.05, 3.63) is 142 Å². The number of benzene rings is 4. The lowest BCUT2D eigenvalue weighted by molar-refractivity contribution is -0.222. The number of morpholine rings is 2. The van der Waals surface area contributed by atoms with Crippen LogP contribution in [0.4, 0.5) is 52.7 Å². The smallest absolute Gasteiger partial charge is 0.416 e. The average Bonchev–Trinajstić information content (AvgIpc) is 3.32. The Hall–Kier alpha value is -5.26. The molecular weight excluding hydrogens is 1010 g/mol. The molecule has 22 heteroatoms. The van der Waals surface area contributed by atoms with Gasteiger partial charge in [0.25, 0.3) is 0 Å². The van der Waals surface area contributed by atoms with Gasteiger partial charge in [0.15, 0.2) is 11.2 Å². The second-order valence-corrected chi connectivity index (χ2v) is 19.5. The average molecular weight is 1060 g/mol. The summed E-state index contributed by atoms with van der Waals surface area (Å²) >= 11 is 0. The van der Waals surface area contributed by atoms with Gasteiger partial charge in [-0.05, 0) is 112 Å². The number of rotatable bonds is 12. The van der Waals surface area contributed by atoms with Crippen LogP contribution in [0.3, 0.4) is 0 Å². The number of nitrogens with zero attached hydrogens (tertiary/aromatic N) is 2. The van der Waals surface area contributed by atoms with Crippen molar-refractivity contribution in [2.75, 3.05) is 39.4 Å². The summed E-state index contributed by atoms with van der Waals surface area (Å²) in [6.45, 7) is 5.82. The number of aliphatic hydroxyl groups is 2. The molecule has 4 bridgehead atoms. The molecule has 4 saturated heterocycles. The Morgan fingerprint density at radius 1 is 0.500 bits per heavy atom. The number of piperidine rings is 2. The van der Waals surface area contributed by atoms with Gasteiger partial charge in [0, 0.05) is 13.1 Å². The second kappa shape index (κ2) is 20.7. The molecule has 4 aromatic carbocycles. The number of aliphatic hydroxyl groups excluding tert-OH is 2. The molecule has 0 aliphatic carbocycles. The number of fused-ring (bicyclic) bond motifs is 4. The molecule has 4 aliphatic rings. The fraction of sp³-hybridized carbons (Fsp3) is 0.500. The van der Waals surface area contributed by atoms with Crippen LogP contribution in [0.1, 0.15) is 110 Å². The van der Waals surface area contributed by atoms with E-state index in [0.717, 1.165) is 11.1 Å². The van der Waals surface area contributed by atoms with Gasteiger partial charge in [-0.3, -0.25) is 19.4 Å². The summed E-state index contributed by atoms with van der Waals surface area (Å²) in [6, 6.07) is 20.9. The van der Waals surface area contributed by atoms with Crippen molar-refractivity contribution in [3.63, 3.8) is 0 Å². The van der Waals surface area contributed by atoms with E-state index in [4.69, 9.17) is 18.9 Å². The van der Waals surface area contributed by atoms with Gasteiger partial charge in [-0.1, -0.05) is 60.7 Å². The van der Waals surface area contributed by atoms with Crippen molar-refractivity contribution in [2.24, 2.45) is 0 Å². The van der Waals surface area contributed by atoms with Crippen molar-refractivity contribution < 1.29 is 91.4 Å². The van der Waals surface area contributed by atoms with Crippen LogP contribution in [0, 0.1) is 0 Å². The molecule has 2 N–H and O–H groups in total. The number of hydrogen-bond acceptors (Lipinski definition) is 10. The van der Waals surface area contributed by atoms with Crippen LogP contribution < -0.4 is 0 Å². The minimum absolute atomic E-state index is 0.0812. The molecule has 404 valence electrons. The van der Waals surface area contributed by atoms with Crippen molar-refractivity contribution in [3.8, 4) is 0 Å². The standard InChI is InChI=1S/2C26H27F6NO4/c2*1-16(18-10-20(25(27,28)29)12-21(11-18)26(30,31)32)36-15-23(19-6-4-3-5-7-19)8-9-24(17(2)34)14-33(23)13-22(35)37-24/h2*3-7,10-12,16-17,34H,8-9,13-15H2,1-2H3/t16-,17?,23-,24+;16-,17?,23-,24-/m11/s1. The fourth-order valence-corrected chi connectivity index (χ4v) is 10.3. The maximum Gasteiger partial charge on any atom is 0.416 e. The summed E-state index contributed by atoms with van der Waals surface area (Å²) in [5, 5.41) is 20.7. The number of esters is 2. The first-order chi connectivity index (χ1) is 34.3. The zero-order valence-corrected chi connectivity index (χ0v) is 40.4. The van der Waals surface area contributed by atoms with Crippen LogP contribution in [0.15, 0.2) is 97.1 Å². The second-order valence-electron chi connectivity index (χ2n) is 19.5. The Labute approximate surface area is 418 Å². The van der Waals surface area contributed by atoms with Gasteiger partial charge >= 0.3 is 36.6 Å². The number of alkyl halides is 12. The summed E-state index contributed by atoms with van der Waals surface area (Å²) in [7, 11) is 0. The molecule has 4 aliphatic heterocycles. The highest BCUT2D eigenvalue weighted by molar-refractivity contribution is 5.74. The van der Waals surface area contributed by atoms with E-state index in [1.54, 1.807) is 36.4 Å². The molecule has 4 unspecified atom stereocenters. The summed E-state index contributed by atoms with van der Waals surface area (Å²) < 4.78 is 183. The van der Waals surface area contributed by atoms with Crippen molar-refractivity contribution in [1.82, 2.24) is 9.80 Å². The highest BCUT2D eigenvalue weighted by Crippen LogP contribution is 2.49. The van der Waals surface area contributed by atoms with Crippen LogP contribution in [-0.2, 0) is 64.3 Å². The number of carbonyl (C=O) groups is 2. The highest BCUT2D eigenvalue weighted by Gasteiger charge is 2.58. The van der Waals surface area contributed by atoms with Gasteiger partial charge in [-0.15, -0.1) is 0 Å². The summed E-state index contributed by atoms with van der Waals surface area (Å²) in [5.74, 6) is -1.07. The molecule has 74 heavy (non-hydrogen) atoms. The molecule has 10 nitrogen and oxygen atoms in total. The third kappa shape index (κ3) is 11.7. The first-order valence-corrected chi connectivity index (χ1v) is 23.6. The third-order valence-corrected chi connectivity index (χ3v) is 14.8. The molecule has 0 saturated carbocycles. The third-order valence-electron chi connectivity index (χ3n) is 14.8. The number of carbonyl (C=O) groups excluding carboxylic acids is 2. The fourth-order valence-electron chi connectivity index (χ4n) is 10.3. The van der Waals surface area contributed by atoms with Crippen LogP contribution in [0.5, 0.6) is 0 Å². The van der Waals surface area contributed by atoms with Gasteiger partial charge in [0.1, 0.15) is 0 Å². The molecule has 4 fully saturated rings. The SMILES string of the molecule is CC(O)[C@@]12CC[C@@](CO[C@H](C)c3cc(C(F)(F)F)cc(C(F)(F)F)c3)(c3ccccc3)N(CC(=O)O1)C2.CC(O)[C@]12CC[C@@](CO[C@H](C)c3cc(C(F)(F)F)cc(C(F)(F)F)c3)(c3ccccc3)N(CC(=O)O1)C2.